The first kappa shape index (κ1) is 16.9. The normalized spacial score (nSPS) is 13.9. The van der Waals surface area contributed by atoms with E-state index in [0.29, 0.717) is 15.8 Å². The first-order chi connectivity index (χ1) is 12.6. The van der Waals surface area contributed by atoms with Crippen LogP contribution in [-0.2, 0) is 17.9 Å². The summed E-state index contributed by atoms with van der Waals surface area (Å²) in [5.41, 5.74) is 0.391. The van der Waals surface area contributed by atoms with Crippen LogP contribution in [0.4, 0.5) is 4.39 Å². The van der Waals surface area contributed by atoms with Gasteiger partial charge in [-0.25, -0.2) is 9.37 Å². The van der Waals surface area contributed by atoms with Crippen molar-refractivity contribution in [2.45, 2.75) is 38.4 Å². The van der Waals surface area contributed by atoms with E-state index in [1.54, 1.807) is 29.2 Å². The highest BCUT2D eigenvalue weighted by Crippen LogP contribution is 2.29. The molecule has 1 aliphatic rings. The van der Waals surface area contributed by atoms with Gasteiger partial charge in [0.05, 0.1) is 11.7 Å². The van der Waals surface area contributed by atoms with Gasteiger partial charge in [-0.2, -0.15) is 0 Å². The van der Waals surface area contributed by atoms with Gasteiger partial charge in [0.2, 0.25) is 5.91 Å². The van der Waals surface area contributed by atoms with Crippen LogP contribution in [0.25, 0.3) is 10.2 Å². The molecule has 1 amide bonds. The van der Waals surface area contributed by atoms with E-state index < -0.39 is 0 Å². The van der Waals surface area contributed by atoms with Gasteiger partial charge in [-0.15, -0.1) is 11.3 Å². The summed E-state index contributed by atoms with van der Waals surface area (Å²) in [6.45, 7) is 0.545. The molecule has 3 aromatic rings. The monoisotopic (exact) mass is 371 g/mol. The van der Waals surface area contributed by atoms with Crippen LogP contribution >= 0.6 is 11.3 Å². The third kappa shape index (κ3) is 3.39. The Kier molecular flexibility index (Phi) is 4.55. The summed E-state index contributed by atoms with van der Waals surface area (Å²) >= 11 is 1.42. The van der Waals surface area contributed by atoms with Crippen molar-refractivity contribution in [3.05, 3.63) is 63.8 Å². The Hall–Kier alpha value is -2.54. The van der Waals surface area contributed by atoms with Crippen molar-refractivity contribution in [2.75, 3.05) is 0 Å². The number of aromatic nitrogens is 2. The second-order valence-electron chi connectivity index (χ2n) is 6.48. The van der Waals surface area contributed by atoms with Gasteiger partial charge >= 0.3 is 0 Å². The molecule has 1 fully saturated rings. The lowest BCUT2D eigenvalue weighted by atomic mass is 10.2. The fourth-order valence-corrected chi connectivity index (χ4v) is 3.75. The highest BCUT2D eigenvalue weighted by Gasteiger charge is 2.32. The van der Waals surface area contributed by atoms with E-state index in [4.69, 9.17) is 0 Å². The van der Waals surface area contributed by atoms with Gasteiger partial charge in [-0.1, -0.05) is 18.2 Å². The fourth-order valence-electron chi connectivity index (χ4n) is 3.03. The number of hydrogen-bond donors (Lipinski definition) is 0. The average molecular weight is 371 g/mol. The minimum Gasteiger partial charge on any atom is -0.335 e. The van der Waals surface area contributed by atoms with E-state index >= 15 is 0 Å². The number of amides is 1. The molecule has 26 heavy (non-hydrogen) atoms. The molecule has 1 saturated carbocycles. The Morgan fingerprint density at radius 1 is 1.31 bits per heavy atom. The summed E-state index contributed by atoms with van der Waals surface area (Å²) in [5.74, 6) is -0.359. The Labute approximate surface area is 153 Å². The van der Waals surface area contributed by atoms with Crippen molar-refractivity contribution in [3.8, 4) is 0 Å². The first-order valence-electron chi connectivity index (χ1n) is 8.59. The van der Waals surface area contributed by atoms with Gasteiger partial charge in [-0.05, 0) is 30.4 Å². The number of benzene rings is 1. The van der Waals surface area contributed by atoms with Crippen LogP contribution in [0, 0.1) is 5.82 Å². The molecule has 7 heteroatoms. The second kappa shape index (κ2) is 6.99. The summed E-state index contributed by atoms with van der Waals surface area (Å²) < 4.78 is 15.4. The number of fused-ring (bicyclic) bond motifs is 1. The maximum Gasteiger partial charge on any atom is 0.262 e. The van der Waals surface area contributed by atoms with Gasteiger partial charge in [0, 0.05) is 31.1 Å². The third-order valence-electron chi connectivity index (χ3n) is 4.62. The Morgan fingerprint density at radius 3 is 2.88 bits per heavy atom. The van der Waals surface area contributed by atoms with Gasteiger partial charge in [0.15, 0.2) is 0 Å². The summed E-state index contributed by atoms with van der Waals surface area (Å²) in [5, 5.41) is 2.41. The predicted molar refractivity (Wildman–Crippen MR) is 98.5 cm³/mol. The molecule has 4 rings (SSSR count). The van der Waals surface area contributed by atoms with Gasteiger partial charge < -0.3 is 4.90 Å². The minimum atomic E-state index is -0.297. The number of hydrogen-bond acceptors (Lipinski definition) is 4. The van der Waals surface area contributed by atoms with Crippen LogP contribution < -0.4 is 5.56 Å². The summed E-state index contributed by atoms with van der Waals surface area (Å²) in [4.78, 5) is 31.8. The molecule has 0 radical (unpaired) electrons. The zero-order valence-corrected chi connectivity index (χ0v) is 14.9. The standard InChI is InChI=1S/C19H18FN3O2S/c20-16-4-2-1-3-13(16)11-23(14-5-6-14)17(24)7-9-22-12-21-18-15(19(22)25)8-10-26-18/h1-4,8,10,12,14H,5-7,9,11H2. The van der Waals surface area contributed by atoms with Crippen molar-refractivity contribution in [2.24, 2.45) is 0 Å². The van der Waals surface area contributed by atoms with Crippen molar-refractivity contribution < 1.29 is 9.18 Å². The molecule has 2 heterocycles. The number of aryl methyl sites for hydroxylation is 1. The number of carbonyl (C=O) groups is 1. The Balaban J connectivity index is 1.47. The number of thiophene rings is 1. The maximum atomic E-state index is 13.9. The van der Waals surface area contributed by atoms with Gasteiger partial charge in [-0.3, -0.25) is 14.2 Å². The fraction of sp³-hybridized carbons (Fsp3) is 0.316. The van der Waals surface area contributed by atoms with Crippen LogP contribution in [-0.4, -0.2) is 26.4 Å². The lowest BCUT2D eigenvalue weighted by molar-refractivity contribution is -0.132. The number of rotatable bonds is 6. The molecule has 0 atom stereocenters. The van der Waals surface area contributed by atoms with E-state index in [1.165, 1.54) is 28.3 Å². The Morgan fingerprint density at radius 2 is 2.12 bits per heavy atom. The van der Waals surface area contributed by atoms with Crippen LogP contribution in [0.1, 0.15) is 24.8 Å². The predicted octanol–water partition coefficient (Wildman–Crippen LogP) is 3.18. The molecule has 2 aromatic heterocycles. The van der Waals surface area contributed by atoms with Crippen LogP contribution in [0.2, 0.25) is 0 Å². The molecule has 5 nitrogen and oxygen atoms in total. The SMILES string of the molecule is O=C(CCn1cnc2sccc2c1=O)N(Cc1ccccc1F)C1CC1. The van der Waals surface area contributed by atoms with Crippen LogP contribution in [0.15, 0.2) is 46.8 Å². The summed E-state index contributed by atoms with van der Waals surface area (Å²) in [7, 11) is 0. The van der Waals surface area contributed by atoms with E-state index in [9.17, 15) is 14.0 Å². The quantitative estimate of drug-likeness (QED) is 0.669. The van der Waals surface area contributed by atoms with Gasteiger partial charge in [0.1, 0.15) is 10.6 Å². The first-order valence-corrected chi connectivity index (χ1v) is 9.47. The summed E-state index contributed by atoms with van der Waals surface area (Å²) in [6.07, 6.45) is 3.58. The molecule has 0 unspecified atom stereocenters. The Bertz CT molecular complexity index is 1010. The zero-order chi connectivity index (χ0) is 18.1. The van der Waals surface area contributed by atoms with Crippen LogP contribution in [0.3, 0.4) is 0 Å². The topological polar surface area (TPSA) is 55.2 Å². The molecule has 134 valence electrons. The molecule has 0 aliphatic heterocycles. The lowest BCUT2D eigenvalue weighted by Gasteiger charge is -2.23. The largest absolute Gasteiger partial charge is 0.335 e. The highest BCUT2D eigenvalue weighted by molar-refractivity contribution is 7.16. The van der Waals surface area contributed by atoms with Crippen molar-refractivity contribution in [3.63, 3.8) is 0 Å². The molecule has 0 N–H and O–H groups in total. The molecule has 0 saturated heterocycles. The smallest absolute Gasteiger partial charge is 0.262 e. The molecule has 1 aromatic carbocycles. The van der Waals surface area contributed by atoms with E-state index in [-0.39, 0.29) is 42.8 Å². The van der Waals surface area contributed by atoms with E-state index in [0.717, 1.165) is 12.8 Å². The number of halogens is 1. The van der Waals surface area contributed by atoms with Crippen molar-refractivity contribution in [1.82, 2.24) is 14.5 Å². The molecule has 0 bridgehead atoms. The second-order valence-corrected chi connectivity index (χ2v) is 7.37. The minimum absolute atomic E-state index is 0.0620. The highest BCUT2D eigenvalue weighted by atomic mass is 32.1. The lowest BCUT2D eigenvalue weighted by Crippen LogP contribution is -2.34. The van der Waals surface area contributed by atoms with E-state index in [1.807, 2.05) is 5.38 Å². The van der Waals surface area contributed by atoms with E-state index in [2.05, 4.69) is 4.98 Å². The number of carbonyl (C=O) groups excluding carboxylic acids is 1. The molecule has 0 spiro atoms. The zero-order valence-electron chi connectivity index (χ0n) is 14.1. The molecule has 1 aliphatic carbocycles. The molecular formula is C19H18FN3O2S. The van der Waals surface area contributed by atoms with Gasteiger partial charge in [0.25, 0.3) is 5.56 Å². The summed E-state index contributed by atoms with van der Waals surface area (Å²) in [6, 6.07) is 8.46. The van der Waals surface area contributed by atoms with Crippen LogP contribution in [0.5, 0.6) is 0 Å². The third-order valence-corrected chi connectivity index (χ3v) is 5.44. The van der Waals surface area contributed by atoms with Crippen molar-refractivity contribution in [1.29, 1.82) is 0 Å². The average Bonchev–Trinajstić information content (AvgIpc) is 3.36. The van der Waals surface area contributed by atoms with Crippen molar-refractivity contribution >= 4 is 27.5 Å². The number of nitrogens with zero attached hydrogens (tertiary/aromatic N) is 3. The molecular weight excluding hydrogens is 353 g/mol. The maximum absolute atomic E-state index is 13.9.